The van der Waals surface area contributed by atoms with Crippen LogP contribution in [0.4, 0.5) is 5.69 Å². The van der Waals surface area contributed by atoms with E-state index >= 15 is 0 Å². The Morgan fingerprint density at radius 3 is 2.83 bits per heavy atom. The number of hydrogen-bond donors (Lipinski definition) is 1. The van der Waals surface area contributed by atoms with Crippen LogP contribution in [-0.2, 0) is 0 Å². The van der Waals surface area contributed by atoms with E-state index in [1.54, 1.807) is 25.2 Å². The molecule has 2 rings (SSSR count). The minimum Gasteiger partial charge on any atom is -0.382 e. The van der Waals surface area contributed by atoms with Gasteiger partial charge < -0.3 is 10.2 Å². The third kappa shape index (κ3) is 2.81. The number of amides is 1. The van der Waals surface area contributed by atoms with E-state index in [0.29, 0.717) is 17.7 Å². The van der Waals surface area contributed by atoms with Gasteiger partial charge in [0, 0.05) is 32.0 Å². The zero-order valence-electron chi connectivity index (χ0n) is 11.3. The average Bonchev–Trinajstić information content (AvgIpc) is 2.74. The van der Waals surface area contributed by atoms with Gasteiger partial charge in [-0.05, 0) is 30.9 Å². The van der Waals surface area contributed by atoms with Crippen LogP contribution >= 0.6 is 0 Å². The zero-order valence-corrected chi connectivity index (χ0v) is 11.3. The maximum Gasteiger partial charge on any atom is 0.272 e. The van der Waals surface area contributed by atoms with Gasteiger partial charge in [0.25, 0.3) is 5.91 Å². The van der Waals surface area contributed by atoms with E-state index in [0.717, 1.165) is 5.69 Å². The van der Waals surface area contributed by atoms with E-state index < -0.39 is 0 Å². The molecule has 2 atom stereocenters. The molecule has 4 nitrogen and oxygen atoms in total. The van der Waals surface area contributed by atoms with Crippen LogP contribution in [0.5, 0.6) is 0 Å². The summed E-state index contributed by atoms with van der Waals surface area (Å²) in [6.07, 6.45) is 5.47. The van der Waals surface area contributed by atoms with E-state index in [1.165, 1.54) is 19.3 Å². The lowest BCUT2D eigenvalue weighted by molar-refractivity contribution is 0.0822. The van der Waals surface area contributed by atoms with Gasteiger partial charge in [-0.2, -0.15) is 0 Å². The molecule has 1 amide bonds. The molecule has 0 radical (unpaired) electrons. The molecule has 0 spiro atoms. The number of aromatic nitrogens is 1. The topological polar surface area (TPSA) is 45.2 Å². The highest BCUT2D eigenvalue weighted by molar-refractivity contribution is 5.92. The molecule has 18 heavy (non-hydrogen) atoms. The molecule has 0 saturated heterocycles. The number of nitrogens with zero attached hydrogens (tertiary/aromatic N) is 2. The van der Waals surface area contributed by atoms with Crippen molar-refractivity contribution in [2.45, 2.75) is 32.2 Å². The molecule has 1 aliphatic carbocycles. The van der Waals surface area contributed by atoms with Crippen molar-refractivity contribution in [1.82, 2.24) is 9.88 Å². The van der Waals surface area contributed by atoms with Crippen molar-refractivity contribution in [2.75, 3.05) is 19.4 Å². The van der Waals surface area contributed by atoms with Crippen LogP contribution in [0.3, 0.4) is 0 Å². The van der Waals surface area contributed by atoms with Gasteiger partial charge in [-0.15, -0.1) is 0 Å². The van der Waals surface area contributed by atoms with Gasteiger partial charge in [0.05, 0.1) is 0 Å². The van der Waals surface area contributed by atoms with Crippen molar-refractivity contribution in [3.05, 3.63) is 24.0 Å². The number of nitrogens with one attached hydrogen (secondary N) is 1. The van der Waals surface area contributed by atoms with E-state index in [9.17, 15) is 4.79 Å². The van der Waals surface area contributed by atoms with Crippen LogP contribution in [0.25, 0.3) is 0 Å². The molecule has 98 valence electrons. The van der Waals surface area contributed by atoms with Gasteiger partial charge >= 0.3 is 0 Å². The van der Waals surface area contributed by atoms with Gasteiger partial charge in [0.1, 0.15) is 5.69 Å². The lowest BCUT2D eigenvalue weighted by Crippen LogP contribution is -2.24. The summed E-state index contributed by atoms with van der Waals surface area (Å²) in [4.78, 5) is 17.5. The molecule has 0 bridgehead atoms. The van der Waals surface area contributed by atoms with E-state index in [2.05, 4.69) is 17.2 Å². The van der Waals surface area contributed by atoms with Crippen LogP contribution in [-0.4, -0.2) is 35.9 Å². The van der Waals surface area contributed by atoms with Crippen molar-refractivity contribution in [2.24, 2.45) is 5.92 Å². The van der Waals surface area contributed by atoms with Crippen LogP contribution in [0.15, 0.2) is 18.3 Å². The quantitative estimate of drug-likeness (QED) is 0.892. The molecule has 0 aromatic carbocycles. The molecular weight excluding hydrogens is 226 g/mol. The highest BCUT2D eigenvalue weighted by Crippen LogP contribution is 2.27. The average molecular weight is 247 g/mol. The largest absolute Gasteiger partial charge is 0.382 e. The SMILES string of the molecule is CC1CCCC1Nc1ccnc(C(=O)N(C)C)c1. The first-order valence-corrected chi connectivity index (χ1v) is 6.52. The van der Waals surface area contributed by atoms with Gasteiger partial charge in [0.15, 0.2) is 0 Å². The molecule has 1 fully saturated rings. The molecule has 2 unspecified atom stereocenters. The van der Waals surface area contributed by atoms with Crippen LogP contribution in [0.1, 0.15) is 36.7 Å². The summed E-state index contributed by atoms with van der Waals surface area (Å²) in [6, 6.07) is 4.29. The standard InChI is InChI=1S/C14H21N3O/c1-10-5-4-6-12(10)16-11-7-8-15-13(9-11)14(18)17(2)3/h7-10,12H,4-6H2,1-3H3,(H,15,16). The summed E-state index contributed by atoms with van der Waals surface area (Å²) < 4.78 is 0. The molecule has 0 aliphatic heterocycles. The summed E-state index contributed by atoms with van der Waals surface area (Å²) in [5, 5.41) is 3.51. The van der Waals surface area contributed by atoms with Crippen LogP contribution < -0.4 is 5.32 Å². The van der Waals surface area contributed by atoms with Gasteiger partial charge in [-0.3, -0.25) is 9.78 Å². The highest BCUT2D eigenvalue weighted by Gasteiger charge is 2.23. The Hall–Kier alpha value is -1.58. The Morgan fingerprint density at radius 1 is 1.44 bits per heavy atom. The number of anilines is 1. The maximum atomic E-state index is 11.8. The predicted molar refractivity (Wildman–Crippen MR) is 72.7 cm³/mol. The monoisotopic (exact) mass is 247 g/mol. The molecular formula is C14H21N3O. The third-order valence-corrected chi connectivity index (χ3v) is 3.60. The molecule has 1 N–H and O–H groups in total. The minimum absolute atomic E-state index is 0.0573. The second-order valence-corrected chi connectivity index (χ2v) is 5.29. The van der Waals surface area contributed by atoms with E-state index in [4.69, 9.17) is 0 Å². The van der Waals surface area contributed by atoms with E-state index in [-0.39, 0.29) is 5.91 Å². The summed E-state index contributed by atoms with van der Waals surface area (Å²) in [5.74, 6) is 0.643. The number of pyridine rings is 1. The number of carbonyl (C=O) groups excluding carboxylic acids is 1. The molecule has 1 aromatic rings. The fourth-order valence-electron chi connectivity index (χ4n) is 2.44. The normalized spacial score (nSPS) is 22.8. The first-order valence-electron chi connectivity index (χ1n) is 6.52. The predicted octanol–water partition coefficient (Wildman–Crippen LogP) is 2.38. The summed E-state index contributed by atoms with van der Waals surface area (Å²) in [5.41, 5.74) is 1.49. The smallest absolute Gasteiger partial charge is 0.272 e. The Kier molecular flexibility index (Phi) is 3.84. The lowest BCUT2D eigenvalue weighted by atomic mass is 10.1. The lowest BCUT2D eigenvalue weighted by Gasteiger charge is -2.19. The Morgan fingerprint density at radius 2 is 2.22 bits per heavy atom. The molecule has 4 heteroatoms. The van der Waals surface area contributed by atoms with Gasteiger partial charge in [0.2, 0.25) is 0 Å². The third-order valence-electron chi connectivity index (χ3n) is 3.60. The second-order valence-electron chi connectivity index (χ2n) is 5.29. The molecule has 1 saturated carbocycles. The Balaban J connectivity index is 2.10. The maximum absolute atomic E-state index is 11.8. The first-order chi connectivity index (χ1) is 8.58. The van der Waals surface area contributed by atoms with Crippen LogP contribution in [0, 0.1) is 5.92 Å². The Labute approximate surface area is 108 Å². The number of carbonyl (C=O) groups is 1. The van der Waals surface area contributed by atoms with Crippen LogP contribution in [0.2, 0.25) is 0 Å². The van der Waals surface area contributed by atoms with Gasteiger partial charge in [-0.1, -0.05) is 13.3 Å². The fraction of sp³-hybridized carbons (Fsp3) is 0.571. The second kappa shape index (κ2) is 5.38. The highest BCUT2D eigenvalue weighted by atomic mass is 16.2. The molecule has 1 heterocycles. The molecule has 1 aliphatic rings. The number of rotatable bonds is 3. The van der Waals surface area contributed by atoms with Crippen molar-refractivity contribution < 1.29 is 4.79 Å². The Bertz CT molecular complexity index is 431. The van der Waals surface area contributed by atoms with Crippen molar-refractivity contribution >= 4 is 11.6 Å². The fourth-order valence-corrected chi connectivity index (χ4v) is 2.44. The minimum atomic E-state index is -0.0573. The molecule has 1 aromatic heterocycles. The summed E-state index contributed by atoms with van der Waals surface area (Å²) >= 11 is 0. The first kappa shape index (κ1) is 12.9. The summed E-state index contributed by atoms with van der Waals surface area (Å²) in [6.45, 7) is 2.28. The van der Waals surface area contributed by atoms with E-state index in [1.807, 2.05) is 12.1 Å². The van der Waals surface area contributed by atoms with Crippen molar-refractivity contribution in [3.63, 3.8) is 0 Å². The number of hydrogen-bond acceptors (Lipinski definition) is 3. The van der Waals surface area contributed by atoms with Gasteiger partial charge in [-0.25, -0.2) is 0 Å². The van der Waals surface area contributed by atoms with Crippen molar-refractivity contribution in [3.8, 4) is 0 Å². The summed E-state index contributed by atoms with van der Waals surface area (Å²) in [7, 11) is 3.48. The van der Waals surface area contributed by atoms with Crippen molar-refractivity contribution in [1.29, 1.82) is 0 Å². The zero-order chi connectivity index (χ0) is 13.1.